The SMILES string of the molecule is CC[C@H](C)N1C(=O)/C(=C/c2c(C)c(C#N)c(=O)n(C)c2N2CCOCC2)SC1=S. The summed E-state index contributed by atoms with van der Waals surface area (Å²) in [6, 6.07) is 2.04. The summed E-state index contributed by atoms with van der Waals surface area (Å²) in [6.45, 7) is 8.12. The smallest absolute Gasteiger partial charge is 0.270 e. The van der Waals surface area contributed by atoms with Gasteiger partial charge in [-0.3, -0.25) is 19.1 Å². The molecule has 3 rings (SSSR count). The second kappa shape index (κ2) is 8.69. The van der Waals surface area contributed by atoms with E-state index in [2.05, 4.69) is 4.90 Å². The number of thioether (sulfide) groups is 1. The molecule has 7 nitrogen and oxygen atoms in total. The van der Waals surface area contributed by atoms with Crippen LogP contribution in [0, 0.1) is 18.3 Å². The van der Waals surface area contributed by atoms with Gasteiger partial charge in [-0.15, -0.1) is 0 Å². The molecule has 0 radical (unpaired) electrons. The molecule has 0 spiro atoms. The lowest BCUT2D eigenvalue weighted by molar-refractivity contribution is -0.123. The maximum Gasteiger partial charge on any atom is 0.270 e. The third kappa shape index (κ3) is 3.84. The lowest BCUT2D eigenvalue weighted by atomic mass is 10.0. The summed E-state index contributed by atoms with van der Waals surface area (Å²) in [4.78, 5) is 30.0. The van der Waals surface area contributed by atoms with E-state index in [0.717, 1.165) is 6.42 Å². The number of pyridine rings is 1. The Morgan fingerprint density at radius 2 is 2.00 bits per heavy atom. The maximum absolute atomic E-state index is 13.0. The number of carbonyl (C=O) groups is 1. The quantitative estimate of drug-likeness (QED) is 0.534. The molecule has 2 fully saturated rings. The van der Waals surface area contributed by atoms with Crippen molar-refractivity contribution in [3.05, 3.63) is 31.9 Å². The standard InChI is InChI=1S/C20H24N4O3S2/c1-5-12(2)24-19(26)16(29-20(24)28)10-14-13(3)15(11-21)18(25)22(4)17(14)23-6-8-27-9-7-23/h10,12H,5-9H2,1-4H3/b16-10-/t12-/m0/s1. The molecule has 1 atom stereocenters. The van der Waals surface area contributed by atoms with E-state index in [9.17, 15) is 14.9 Å². The van der Waals surface area contributed by atoms with Gasteiger partial charge in [-0.1, -0.05) is 30.9 Å². The molecule has 154 valence electrons. The molecule has 0 aromatic carbocycles. The van der Waals surface area contributed by atoms with E-state index < -0.39 is 0 Å². The molecular formula is C20H24N4O3S2. The Kier molecular flexibility index (Phi) is 6.46. The van der Waals surface area contributed by atoms with Gasteiger partial charge in [0.05, 0.1) is 18.1 Å². The van der Waals surface area contributed by atoms with E-state index in [0.29, 0.717) is 52.5 Å². The Morgan fingerprint density at radius 1 is 1.34 bits per heavy atom. The zero-order chi connectivity index (χ0) is 21.3. The van der Waals surface area contributed by atoms with Crippen LogP contribution in [0.2, 0.25) is 0 Å². The van der Waals surface area contributed by atoms with Gasteiger partial charge in [-0.05, 0) is 31.9 Å². The Labute approximate surface area is 179 Å². The van der Waals surface area contributed by atoms with E-state index >= 15 is 0 Å². The van der Waals surface area contributed by atoms with E-state index in [-0.39, 0.29) is 23.1 Å². The Balaban J connectivity index is 2.18. The minimum absolute atomic E-state index is 0.0167. The third-order valence-electron chi connectivity index (χ3n) is 5.41. The predicted molar refractivity (Wildman–Crippen MR) is 119 cm³/mol. The van der Waals surface area contributed by atoms with E-state index in [1.165, 1.54) is 16.3 Å². The normalized spacial score (nSPS) is 19.8. The molecule has 29 heavy (non-hydrogen) atoms. The summed E-state index contributed by atoms with van der Waals surface area (Å²) in [5, 5.41) is 9.53. The highest BCUT2D eigenvalue weighted by Gasteiger charge is 2.35. The first-order valence-corrected chi connectivity index (χ1v) is 10.8. The number of anilines is 1. The van der Waals surface area contributed by atoms with Crippen molar-refractivity contribution < 1.29 is 9.53 Å². The van der Waals surface area contributed by atoms with Crippen LogP contribution in [0.3, 0.4) is 0 Å². The topological polar surface area (TPSA) is 78.6 Å². The van der Waals surface area contributed by atoms with Crippen LogP contribution in [-0.4, -0.2) is 52.0 Å². The number of thiocarbonyl (C=S) groups is 1. The summed E-state index contributed by atoms with van der Waals surface area (Å²) in [7, 11) is 1.66. The minimum atomic E-state index is -0.337. The predicted octanol–water partition coefficient (Wildman–Crippen LogP) is 2.40. The number of amides is 1. The largest absolute Gasteiger partial charge is 0.378 e. The molecule has 2 saturated heterocycles. The molecule has 0 unspecified atom stereocenters. The van der Waals surface area contributed by atoms with Crippen molar-refractivity contribution in [2.45, 2.75) is 33.2 Å². The number of nitrogens with zero attached hydrogens (tertiary/aromatic N) is 4. The Bertz CT molecular complexity index is 987. The number of carbonyl (C=O) groups excluding carboxylic acids is 1. The van der Waals surface area contributed by atoms with E-state index in [1.54, 1.807) is 24.9 Å². The molecule has 9 heteroatoms. The summed E-state index contributed by atoms with van der Waals surface area (Å²) >= 11 is 6.70. The molecule has 0 N–H and O–H groups in total. The Hall–Kier alpha value is -2.15. The van der Waals surface area contributed by atoms with Crippen LogP contribution in [0.15, 0.2) is 9.70 Å². The van der Waals surface area contributed by atoms with Gasteiger partial charge in [-0.2, -0.15) is 5.26 Å². The van der Waals surface area contributed by atoms with Crippen LogP contribution < -0.4 is 10.5 Å². The van der Waals surface area contributed by atoms with Gasteiger partial charge in [0.25, 0.3) is 11.5 Å². The lowest BCUT2D eigenvalue weighted by Gasteiger charge is -2.32. The van der Waals surface area contributed by atoms with Crippen molar-refractivity contribution in [3.63, 3.8) is 0 Å². The van der Waals surface area contributed by atoms with Crippen molar-refractivity contribution in [2.24, 2.45) is 7.05 Å². The van der Waals surface area contributed by atoms with Crippen LogP contribution in [-0.2, 0) is 16.6 Å². The van der Waals surface area contributed by atoms with Crippen LogP contribution in [0.1, 0.15) is 37.0 Å². The zero-order valence-corrected chi connectivity index (χ0v) is 18.7. The number of hydrogen-bond donors (Lipinski definition) is 0. The number of hydrogen-bond acceptors (Lipinski definition) is 7. The summed E-state index contributed by atoms with van der Waals surface area (Å²) < 4.78 is 7.48. The molecule has 1 aromatic rings. The lowest BCUT2D eigenvalue weighted by Crippen LogP contribution is -2.40. The fraction of sp³-hybridized carbons (Fsp3) is 0.500. The highest BCUT2D eigenvalue weighted by atomic mass is 32.2. The van der Waals surface area contributed by atoms with Gasteiger partial charge in [0.2, 0.25) is 0 Å². The first kappa shape index (κ1) is 21.6. The van der Waals surface area contributed by atoms with Gasteiger partial charge < -0.3 is 9.64 Å². The maximum atomic E-state index is 13.0. The van der Waals surface area contributed by atoms with Gasteiger partial charge in [0.1, 0.15) is 21.8 Å². The number of nitriles is 1. The van der Waals surface area contributed by atoms with Gasteiger partial charge in [-0.25, -0.2) is 0 Å². The van der Waals surface area contributed by atoms with E-state index in [1.807, 2.05) is 19.9 Å². The van der Waals surface area contributed by atoms with Crippen LogP contribution in [0.25, 0.3) is 6.08 Å². The Morgan fingerprint density at radius 3 is 2.59 bits per heavy atom. The molecule has 1 aromatic heterocycles. The van der Waals surface area contributed by atoms with Gasteiger partial charge >= 0.3 is 0 Å². The minimum Gasteiger partial charge on any atom is -0.378 e. The average Bonchev–Trinajstić information content (AvgIpc) is 3.00. The first-order valence-electron chi connectivity index (χ1n) is 9.55. The van der Waals surface area contributed by atoms with Crippen molar-refractivity contribution in [1.29, 1.82) is 5.26 Å². The van der Waals surface area contributed by atoms with Crippen LogP contribution in [0.4, 0.5) is 5.82 Å². The second-order valence-corrected chi connectivity index (χ2v) is 8.80. The highest BCUT2D eigenvalue weighted by molar-refractivity contribution is 8.26. The van der Waals surface area contributed by atoms with E-state index in [4.69, 9.17) is 17.0 Å². The fourth-order valence-corrected chi connectivity index (χ4v) is 4.99. The highest BCUT2D eigenvalue weighted by Crippen LogP contribution is 2.37. The molecule has 1 amide bonds. The molecular weight excluding hydrogens is 408 g/mol. The van der Waals surface area contributed by atoms with Crippen molar-refractivity contribution >= 4 is 46.1 Å². The summed E-state index contributed by atoms with van der Waals surface area (Å²) in [5.41, 5.74) is 1.03. The number of rotatable bonds is 4. The second-order valence-electron chi connectivity index (χ2n) is 7.12. The monoisotopic (exact) mass is 432 g/mol. The van der Waals surface area contributed by atoms with Crippen molar-refractivity contribution in [3.8, 4) is 6.07 Å². The number of aromatic nitrogens is 1. The zero-order valence-electron chi connectivity index (χ0n) is 17.0. The first-order chi connectivity index (χ1) is 13.8. The van der Waals surface area contributed by atoms with Crippen molar-refractivity contribution in [2.75, 3.05) is 31.2 Å². The number of morpholine rings is 1. The fourth-order valence-electron chi connectivity index (χ4n) is 3.54. The van der Waals surface area contributed by atoms with Gasteiger partial charge in [0.15, 0.2) is 0 Å². The van der Waals surface area contributed by atoms with Crippen LogP contribution >= 0.6 is 24.0 Å². The third-order valence-corrected chi connectivity index (χ3v) is 6.74. The van der Waals surface area contributed by atoms with Crippen LogP contribution in [0.5, 0.6) is 0 Å². The van der Waals surface area contributed by atoms with Gasteiger partial charge in [0, 0.05) is 31.7 Å². The molecule has 3 heterocycles. The number of ether oxygens (including phenoxy) is 1. The molecule has 2 aliphatic heterocycles. The molecule has 0 saturated carbocycles. The summed E-state index contributed by atoms with van der Waals surface area (Å²) in [6.07, 6.45) is 2.58. The average molecular weight is 433 g/mol. The van der Waals surface area contributed by atoms with Crippen molar-refractivity contribution in [1.82, 2.24) is 9.47 Å². The molecule has 0 bridgehead atoms. The molecule has 2 aliphatic rings. The summed E-state index contributed by atoms with van der Waals surface area (Å²) in [5.74, 6) is 0.567. The molecule has 0 aliphatic carbocycles.